The van der Waals surface area contributed by atoms with E-state index < -0.39 is 16.0 Å². The van der Waals surface area contributed by atoms with Crippen molar-refractivity contribution in [2.75, 3.05) is 7.11 Å². The molecule has 0 radical (unpaired) electrons. The van der Waals surface area contributed by atoms with Crippen LogP contribution in [-0.4, -0.2) is 41.7 Å². The Kier molecular flexibility index (Phi) is 7.78. The van der Waals surface area contributed by atoms with Crippen molar-refractivity contribution in [2.45, 2.75) is 37.9 Å². The van der Waals surface area contributed by atoms with Gasteiger partial charge in [-0.3, -0.25) is 0 Å². The van der Waals surface area contributed by atoms with E-state index in [-0.39, 0.29) is 29.4 Å². The number of tetrazole rings is 1. The third-order valence-corrected chi connectivity index (χ3v) is 6.12. The van der Waals surface area contributed by atoms with Crippen LogP contribution in [0.1, 0.15) is 35.1 Å². The second-order valence-electron chi connectivity index (χ2n) is 6.71. The van der Waals surface area contributed by atoms with Crippen molar-refractivity contribution < 1.29 is 22.7 Å². The van der Waals surface area contributed by atoms with Gasteiger partial charge in [-0.1, -0.05) is 30.7 Å². The summed E-state index contributed by atoms with van der Waals surface area (Å²) in [5.74, 6) is -0.226. The second kappa shape index (κ2) is 10.5. The van der Waals surface area contributed by atoms with Crippen LogP contribution in [0.5, 0.6) is 5.75 Å². The third-order valence-electron chi connectivity index (χ3n) is 4.44. The summed E-state index contributed by atoms with van der Waals surface area (Å²) >= 11 is 5.86. The maximum atomic E-state index is 12.9. The molecule has 10 nitrogen and oxygen atoms in total. The molecular weight excluding hydrogens is 458 g/mol. The molecule has 0 atom stereocenters. The molecule has 0 fully saturated rings. The van der Waals surface area contributed by atoms with Crippen molar-refractivity contribution in [3.05, 3.63) is 64.4 Å². The molecule has 1 N–H and O–H groups in total. The third kappa shape index (κ3) is 5.81. The summed E-state index contributed by atoms with van der Waals surface area (Å²) in [5, 5.41) is 11.8. The Balaban J connectivity index is 1.75. The molecular formula is C20H22ClN5O5S. The Morgan fingerprint density at radius 2 is 1.94 bits per heavy atom. The molecule has 0 bridgehead atoms. The highest BCUT2D eigenvalue weighted by Crippen LogP contribution is 2.25. The predicted molar refractivity (Wildman–Crippen MR) is 116 cm³/mol. The van der Waals surface area contributed by atoms with Gasteiger partial charge in [0.05, 0.1) is 12.7 Å². The summed E-state index contributed by atoms with van der Waals surface area (Å²) < 4.78 is 40.3. The van der Waals surface area contributed by atoms with Gasteiger partial charge in [-0.25, -0.2) is 22.6 Å². The molecule has 0 saturated carbocycles. The fraction of sp³-hybridized carbons (Fsp3) is 0.300. The van der Waals surface area contributed by atoms with E-state index in [0.29, 0.717) is 17.4 Å². The Labute approximate surface area is 190 Å². The van der Waals surface area contributed by atoms with E-state index in [2.05, 4.69) is 20.2 Å². The van der Waals surface area contributed by atoms with Crippen LogP contribution >= 0.6 is 11.6 Å². The molecule has 3 aromatic rings. The Morgan fingerprint density at radius 1 is 1.19 bits per heavy atom. The predicted octanol–water partition coefficient (Wildman–Crippen LogP) is 2.58. The molecule has 0 aliphatic heterocycles. The first-order chi connectivity index (χ1) is 15.3. The van der Waals surface area contributed by atoms with E-state index in [0.717, 1.165) is 12.0 Å². The topological polar surface area (TPSA) is 125 Å². The van der Waals surface area contributed by atoms with Gasteiger partial charge < -0.3 is 9.47 Å². The van der Waals surface area contributed by atoms with E-state index in [4.69, 9.17) is 21.1 Å². The first kappa shape index (κ1) is 23.6. The van der Waals surface area contributed by atoms with Crippen LogP contribution in [0.15, 0.2) is 47.4 Å². The van der Waals surface area contributed by atoms with Crippen molar-refractivity contribution in [2.24, 2.45) is 0 Å². The number of hydrogen-bond acceptors (Lipinski definition) is 8. The number of carbonyl (C=O) groups excluding carboxylic acids is 1. The lowest BCUT2D eigenvalue weighted by Gasteiger charge is -2.12. The van der Waals surface area contributed by atoms with Crippen LogP contribution in [0.2, 0.25) is 5.02 Å². The monoisotopic (exact) mass is 479 g/mol. The highest BCUT2D eigenvalue weighted by Gasteiger charge is 2.22. The number of aromatic nitrogens is 4. The number of carbonyl (C=O) groups is 1. The number of esters is 1. The molecule has 3 rings (SSSR count). The van der Waals surface area contributed by atoms with Gasteiger partial charge >= 0.3 is 5.97 Å². The Bertz CT molecular complexity index is 1180. The number of sulfonamides is 1. The van der Waals surface area contributed by atoms with Crippen LogP contribution in [0.4, 0.5) is 0 Å². The zero-order valence-corrected chi connectivity index (χ0v) is 19.1. The molecule has 0 aliphatic rings. The highest BCUT2D eigenvalue weighted by molar-refractivity contribution is 7.89. The van der Waals surface area contributed by atoms with Gasteiger partial charge in [0.25, 0.3) is 0 Å². The Morgan fingerprint density at radius 3 is 2.62 bits per heavy atom. The summed E-state index contributed by atoms with van der Waals surface area (Å²) in [5.41, 5.74) is 0.768. The molecule has 1 aromatic heterocycles. The van der Waals surface area contributed by atoms with Gasteiger partial charge in [0.2, 0.25) is 10.0 Å². The first-order valence-corrected chi connectivity index (χ1v) is 11.5. The fourth-order valence-corrected chi connectivity index (χ4v) is 4.13. The second-order valence-corrected chi connectivity index (χ2v) is 8.88. The largest absolute Gasteiger partial charge is 0.495 e. The average Bonchev–Trinajstić information content (AvgIpc) is 3.24. The minimum atomic E-state index is -3.99. The lowest BCUT2D eigenvalue weighted by atomic mass is 10.2. The van der Waals surface area contributed by atoms with Gasteiger partial charge in [0.15, 0.2) is 12.4 Å². The number of aryl methyl sites for hydroxylation is 1. The number of hydrogen-bond donors (Lipinski definition) is 1. The Hall–Kier alpha value is -3.02. The van der Waals surface area contributed by atoms with Crippen molar-refractivity contribution in [3.63, 3.8) is 0 Å². The van der Waals surface area contributed by atoms with E-state index in [1.165, 1.54) is 30.0 Å². The van der Waals surface area contributed by atoms with Gasteiger partial charge in [0.1, 0.15) is 10.6 Å². The van der Waals surface area contributed by atoms with Crippen molar-refractivity contribution in [3.8, 4) is 5.75 Å². The fourth-order valence-electron chi connectivity index (χ4n) is 2.80. The molecule has 1 heterocycles. The molecule has 2 aromatic carbocycles. The summed E-state index contributed by atoms with van der Waals surface area (Å²) in [7, 11) is -2.65. The van der Waals surface area contributed by atoms with Gasteiger partial charge in [-0.05, 0) is 52.7 Å². The molecule has 0 saturated heterocycles. The molecule has 12 heteroatoms. The number of ether oxygens (including phenoxy) is 2. The standard InChI is InChI=1S/C20H22ClN5O5S/c1-3-10-26-19(23-24-25-26)13-31-20(27)15-6-9-17(30-2)18(11-15)32(28,29)22-12-14-4-7-16(21)8-5-14/h4-9,11,22H,3,10,12-13H2,1-2H3. The molecule has 0 aliphatic carbocycles. The van der Waals surface area contributed by atoms with Crippen LogP contribution < -0.4 is 9.46 Å². The molecule has 0 amide bonds. The number of benzene rings is 2. The molecule has 0 unspecified atom stereocenters. The smallest absolute Gasteiger partial charge is 0.338 e. The minimum Gasteiger partial charge on any atom is -0.495 e. The van der Waals surface area contributed by atoms with Crippen LogP contribution in [0.3, 0.4) is 0 Å². The lowest BCUT2D eigenvalue weighted by molar-refractivity contribution is 0.0456. The van der Waals surface area contributed by atoms with Crippen molar-refractivity contribution >= 4 is 27.6 Å². The maximum Gasteiger partial charge on any atom is 0.338 e. The number of nitrogens with one attached hydrogen (secondary N) is 1. The number of nitrogens with zero attached hydrogens (tertiary/aromatic N) is 4. The molecule has 0 spiro atoms. The lowest BCUT2D eigenvalue weighted by Crippen LogP contribution is -2.24. The summed E-state index contributed by atoms with van der Waals surface area (Å²) in [6.07, 6.45) is 0.814. The van der Waals surface area contributed by atoms with E-state index in [1.54, 1.807) is 24.3 Å². The van der Waals surface area contributed by atoms with Crippen LogP contribution in [0.25, 0.3) is 0 Å². The van der Waals surface area contributed by atoms with Gasteiger partial charge in [-0.15, -0.1) is 5.10 Å². The SMILES string of the molecule is CCCn1nnnc1COC(=O)c1ccc(OC)c(S(=O)(=O)NCc2ccc(Cl)cc2)c1. The molecule has 32 heavy (non-hydrogen) atoms. The van der Waals surface area contributed by atoms with Crippen molar-refractivity contribution in [1.82, 2.24) is 24.9 Å². The highest BCUT2D eigenvalue weighted by atomic mass is 35.5. The summed E-state index contributed by atoms with van der Waals surface area (Å²) in [6.45, 7) is 2.45. The normalized spacial score (nSPS) is 11.3. The number of rotatable bonds is 10. The first-order valence-electron chi connectivity index (χ1n) is 9.68. The quantitative estimate of drug-likeness (QED) is 0.440. The summed E-state index contributed by atoms with van der Waals surface area (Å²) in [6, 6.07) is 10.8. The van der Waals surface area contributed by atoms with Crippen molar-refractivity contribution in [1.29, 1.82) is 0 Å². The van der Waals surface area contributed by atoms with E-state index in [9.17, 15) is 13.2 Å². The minimum absolute atomic E-state index is 0.0391. The maximum absolute atomic E-state index is 12.9. The number of methoxy groups -OCH3 is 1. The van der Waals surface area contributed by atoms with Gasteiger partial charge in [-0.2, -0.15) is 0 Å². The van der Waals surface area contributed by atoms with Crippen LogP contribution in [-0.2, 0) is 34.5 Å². The van der Waals surface area contributed by atoms with Gasteiger partial charge in [0, 0.05) is 18.1 Å². The number of halogens is 1. The van der Waals surface area contributed by atoms with Crippen LogP contribution in [0, 0.1) is 0 Å². The average molecular weight is 480 g/mol. The molecule has 170 valence electrons. The zero-order valence-electron chi connectivity index (χ0n) is 17.5. The zero-order chi connectivity index (χ0) is 23.1. The summed E-state index contributed by atoms with van der Waals surface area (Å²) in [4.78, 5) is 12.3. The van der Waals surface area contributed by atoms with E-state index >= 15 is 0 Å². The van der Waals surface area contributed by atoms with E-state index in [1.807, 2.05) is 6.92 Å².